The first-order valence-electron chi connectivity index (χ1n) is 12.0. The van der Waals surface area contributed by atoms with Gasteiger partial charge >= 0.3 is 0 Å². The number of nitrogens with two attached hydrogens (primary N) is 1. The molecule has 4 N–H and O–H groups in total. The van der Waals surface area contributed by atoms with E-state index in [4.69, 9.17) is 15.2 Å². The van der Waals surface area contributed by atoms with Gasteiger partial charge in [0.15, 0.2) is 11.5 Å². The van der Waals surface area contributed by atoms with E-state index in [0.29, 0.717) is 30.0 Å². The summed E-state index contributed by atoms with van der Waals surface area (Å²) in [5, 5.41) is 5.49. The summed E-state index contributed by atoms with van der Waals surface area (Å²) in [4.78, 5) is 51.7. The predicted molar refractivity (Wildman–Crippen MR) is 143 cm³/mol. The fraction of sp³-hybridized carbons (Fsp3) is 0.214. The molecule has 0 bridgehead atoms. The second kappa shape index (κ2) is 11.5. The number of anilines is 3. The van der Waals surface area contributed by atoms with Crippen molar-refractivity contribution in [3.05, 3.63) is 77.4 Å². The van der Waals surface area contributed by atoms with Crippen LogP contribution in [-0.2, 0) is 4.79 Å². The molecule has 3 aromatic rings. The number of benzene rings is 3. The number of amides is 4. The van der Waals surface area contributed by atoms with Crippen LogP contribution in [0.15, 0.2) is 60.7 Å². The molecule has 0 aliphatic carbocycles. The lowest BCUT2D eigenvalue weighted by Crippen LogP contribution is -2.35. The van der Waals surface area contributed by atoms with Crippen LogP contribution in [0.4, 0.5) is 17.1 Å². The van der Waals surface area contributed by atoms with Crippen molar-refractivity contribution in [1.82, 2.24) is 0 Å². The molecule has 0 spiro atoms. The summed E-state index contributed by atoms with van der Waals surface area (Å²) in [5.41, 5.74) is 7.39. The summed E-state index contributed by atoms with van der Waals surface area (Å²) in [5.74, 6) is -0.726. The minimum Gasteiger partial charge on any atom is -0.493 e. The van der Waals surface area contributed by atoms with E-state index in [1.807, 2.05) is 0 Å². The van der Waals surface area contributed by atoms with Crippen LogP contribution in [0.1, 0.15) is 50.3 Å². The van der Waals surface area contributed by atoms with Crippen molar-refractivity contribution in [2.24, 2.45) is 5.73 Å². The van der Waals surface area contributed by atoms with Gasteiger partial charge in [-0.05, 0) is 73.5 Å². The highest BCUT2D eigenvalue weighted by atomic mass is 16.5. The van der Waals surface area contributed by atoms with E-state index in [9.17, 15) is 19.2 Å². The first-order valence-corrected chi connectivity index (χ1v) is 12.0. The fourth-order valence-corrected chi connectivity index (χ4v) is 4.15. The van der Waals surface area contributed by atoms with E-state index in [1.54, 1.807) is 41.3 Å². The molecule has 0 saturated carbocycles. The summed E-state index contributed by atoms with van der Waals surface area (Å²) in [7, 11) is 2.95. The normalized spacial score (nSPS) is 13.0. The Hall–Kier alpha value is -4.86. The van der Waals surface area contributed by atoms with E-state index in [-0.39, 0.29) is 28.4 Å². The zero-order valence-electron chi connectivity index (χ0n) is 21.1. The van der Waals surface area contributed by atoms with Crippen LogP contribution in [0, 0.1) is 0 Å². The Labute approximate surface area is 219 Å². The molecule has 1 aliphatic heterocycles. The van der Waals surface area contributed by atoms with Crippen molar-refractivity contribution < 1.29 is 28.7 Å². The van der Waals surface area contributed by atoms with Gasteiger partial charge in [-0.3, -0.25) is 19.2 Å². The van der Waals surface area contributed by atoms with Crippen LogP contribution in [-0.4, -0.2) is 44.4 Å². The molecule has 1 saturated heterocycles. The van der Waals surface area contributed by atoms with Gasteiger partial charge < -0.3 is 30.7 Å². The number of nitrogens with zero attached hydrogens (tertiary/aromatic N) is 1. The third-order valence-electron chi connectivity index (χ3n) is 6.21. The van der Waals surface area contributed by atoms with Crippen LogP contribution in [0.3, 0.4) is 0 Å². The molecule has 1 heterocycles. The van der Waals surface area contributed by atoms with Gasteiger partial charge in [-0.2, -0.15) is 0 Å². The predicted octanol–water partition coefficient (Wildman–Crippen LogP) is 3.82. The molecular weight excluding hydrogens is 488 g/mol. The molecule has 1 fully saturated rings. The van der Waals surface area contributed by atoms with Gasteiger partial charge in [0.1, 0.15) is 0 Å². The van der Waals surface area contributed by atoms with Gasteiger partial charge in [0.2, 0.25) is 11.8 Å². The Bertz CT molecular complexity index is 1390. The summed E-state index contributed by atoms with van der Waals surface area (Å²) >= 11 is 0. The topological polar surface area (TPSA) is 140 Å². The second-order valence-corrected chi connectivity index (χ2v) is 8.65. The molecule has 3 aromatic carbocycles. The highest BCUT2D eigenvalue weighted by molar-refractivity contribution is 6.11. The number of carbonyl (C=O) groups excluding carboxylic acids is 4. The van der Waals surface area contributed by atoms with Crippen LogP contribution in [0.2, 0.25) is 0 Å². The standard InChI is InChI=1S/C28H28N4O6/c1-37-23-13-9-19(16-24(23)38-2)28(36)31-22-15-18(26(29)34)8-12-21(22)30-27(35)17-6-10-20(11-7-17)32-14-4-3-5-25(32)33/h6-13,15-16H,3-5,14H2,1-2H3,(H2,29,34)(H,30,35)(H,31,36). The molecule has 1 aliphatic rings. The molecule has 10 heteroatoms. The number of rotatable bonds is 8. The SMILES string of the molecule is COc1ccc(C(=O)Nc2cc(C(N)=O)ccc2NC(=O)c2ccc(N3CCCCC3=O)cc2)cc1OC. The molecule has 0 atom stereocenters. The van der Waals surface area contributed by atoms with Gasteiger partial charge in [-0.1, -0.05) is 0 Å². The Kier molecular flexibility index (Phi) is 7.91. The van der Waals surface area contributed by atoms with Crippen LogP contribution in [0.25, 0.3) is 0 Å². The molecule has 10 nitrogen and oxygen atoms in total. The van der Waals surface area contributed by atoms with Crippen LogP contribution in [0.5, 0.6) is 11.5 Å². The lowest BCUT2D eigenvalue weighted by atomic mass is 10.1. The number of carbonyl (C=O) groups is 4. The van der Waals surface area contributed by atoms with E-state index in [1.165, 1.54) is 38.5 Å². The number of hydrogen-bond donors (Lipinski definition) is 3. The average Bonchev–Trinajstić information content (AvgIpc) is 2.93. The van der Waals surface area contributed by atoms with Crippen molar-refractivity contribution in [3.8, 4) is 11.5 Å². The molecule has 196 valence electrons. The highest BCUT2D eigenvalue weighted by Crippen LogP contribution is 2.30. The third-order valence-corrected chi connectivity index (χ3v) is 6.21. The maximum Gasteiger partial charge on any atom is 0.255 e. The number of methoxy groups -OCH3 is 2. The number of piperidine rings is 1. The van der Waals surface area contributed by atoms with Crippen molar-refractivity contribution in [2.45, 2.75) is 19.3 Å². The fourth-order valence-electron chi connectivity index (χ4n) is 4.15. The van der Waals surface area contributed by atoms with Crippen molar-refractivity contribution in [1.29, 1.82) is 0 Å². The zero-order valence-corrected chi connectivity index (χ0v) is 21.1. The molecule has 0 radical (unpaired) electrons. The van der Waals surface area contributed by atoms with E-state index < -0.39 is 17.7 Å². The van der Waals surface area contributed by atoms with Gasteiger partial charge in [0, 0.05) is 35.3 Å². The maximum atomic E-state index is 13.0. The van der Waals surface area contributed by atoms with E-state index in [2.05, 4.69) is 10.6 Å². The first kappa shape index (κ1) is 26.2. The number of nitrogens with one attached hydrogen (secondary N) is 2. The number of primary amides is 1. The molecular formula is C28H28N4O6. The van der Waals surface area contributed by atoms with Crippen LogP contribution < -0.4 is 30.7 Å². The average molecular weight is 517 g/mol. The quantitative estimate of drug-likeness (QED) is 0.416. The minimum atomic E-state index is -0.688. The molecule has 38 heavy (non-hydrogen) atoms. The minimum absolute atomic E-state index is 0.0675. The summed E-state index contributed by atoms with van der Waals surface area (Å²) < 4.78 is 10.5. The highest BCUT2D eigenvalue weighted by Gasteiger charge is 2.20. The molecule has 4 rings (SSSR count). The smallest absolute Gasteiger partial charge is 0.255 e. The van der Waals surface area contributed by atoms with Gasteiger partial charge in [-0.15, -0.1) is 0 Å². The van der Waals surface area contributed by atoms with Gasteiger partial charge in [0.05, 0.1) is 25.6 Å². The molecule has 4 amide bonds. The van der Waals surface area contributed by atoms with Gasteiger partial charge in [-0.25, -0.2) is 0 Å². The number of ether oxygens (including phenoxy) is 2. The van der Waals surface area contributed by atoms with E-state index in [0.717, 1.165) is 18.5 Å². The van der Waals surface area contributed by atoms with E-state index >= 15 is 0 Å². The maximum absolute atomic E-state index is 13.0. The van der Waals surface area contributed by atoms with Crippen molar-refractivity contribution in [3.63, 3.8) is 0 Å². The summed E-state index contributed by atoms with van der Waals surface area (Å²) in [6.45, 7) is 0.652. The monoisotopic (exact) mass is 516 g/mol. The second-order valence-electron chi connectivity index (χ2n) is 8.65. The third kappa shape index (κ3) is 5.75. The lowest BCUT2D eigenvalue weighted by molar-refractivity contribution is -0.119. The summed E-state index contributed by atoms with van der Waals surface area (Å²) in [6, 6.07) is 15.7. The molecule has 0 aromatic heterocycles. The first-order chi connectivity index (χ1) is 18.3. The molecule has 0 unspecified atom stereocenters. The summed E-state index contributed by atoms with van der Waals surface area (Å²) in [6.07, 6.45) is 2.34. The van der Waals surface area contributed by atoms with Gasteiger partial charge in [0.25, 0.3) is 11.8 Å². The Morgan fingerprint density at radius 2 is 1.39 bits per heavy atom. The van der Waals surface area contributed by atoms with Crippen LogP contribution >= 0.6 is 0 Å². The Balaban J connectivity index is 1.55. The Morgan fingerprint density at radius 1 is 0.763 bits per heavy atom. The number of hydrogen-bond acceptors (Lipinski definition) is 6. The Morgan fingerprint density at radius 3 is 2.05 bits per heavy atom. The zero-order chi connectivity index (χ0) is 27.2. The largest absolute Gasteiger partial charge is 0.493 e. The van der Waals surface area contributed by atoms with Crippen molar-refractivity contribution >= 4 is 40.7 Å². The lowest BCUT2D eigenvalue weighted by Gasteiger charge is -2.26. The van der Waals surface area contributed by atoms with Crippen molar-refractivity contribution in [2.75, 3.05) is 36.3 Å².